The first-order chi connectivity index (χ1) is 15.2. The van der Waals surface area contributed by atoms with Crippen molar-refractivity contribution < 1.29 is 27.1 Å². The number of amides is 1. The van der Waals surface area contributed by atoms with Crippen LogP contribution in [-0.2, 0) is 17.5 Å². The Balaban J connectivity index is 1.60. The van der Waals surface area contributed by atoms with Gasteiger partial charge < -0.3 is 14.6 Å². The van der Waals surface area contributed by atoms with Crippen LogP contribution in [0.2, 0.25) is 0 Å². The zero-order valence-electron chi connectivity index (χ0n) is 16.9. The zero-order valence-corrected chi connectivity index (χ0v) is 16.9. The summed E-state index contributed by atoms with van der Waals surface area (Å²) in [5, 5.41) is 2.37. The van der Waals surface area contributed by atoms with Crippen LogP contribution in [0.4, 0.5) is 23.2 Å². The number of nitrogens with one attached hydrogen (secondary N) is 1. The fraction of sp³-hybridized carbons (Fsp3) is 0.304. The molecule has 1 aliphatic carbocycles. The zero-order chi connectivity index (χ0) is 22.9. The Bertz CT molecular complexity index is 1220. The summed E-state index contributed by atoms with van der Waals surface area (Å²) in [7, 11) is 0. The van der Waals surface area contributed by atoms with Gasteiger partial charge in [0.05, 0.1) is 11.1 Å². The van der Waals surface area contributed by atoms with Crippen molar-refractivity contribution in [2.75, 3.05) is 11.9 Å². The van der Waals surface area contributed by atoms with Gasteiger partial charge in [-0.3, -0.25) is 9.59 Å². The monoisotopic (exact) mass is 448 g/mol. The predicted octanol–water partition coefficient (Wildman–Crippen LogP) is 4.98. The van der Waals surface area contributed by atoms with E-state index in [9.17, 15) is 27.2 Å². The number of aromatic nitrogens is 1. The fourth-order valence-electron chi connectivity index (χ4n) is 3.72. The molecule has 1 saturated carbocycles. The van der Waals surface area contributed by atoms with Gasteiger partial charge in [0.1, 0.15) is 11.6 Å². The van der Waals surface area contributed by atoms with Crippen LogP contribution in [0.15, 0.2) is 53.3 Å². The van der Waals surface area contributed by atoms with Crippen LogP contribution >= 0.6 is 0 Å². The van der Waals surface area contributed by atoms with Crippen LogP contribution in [0.1, 0.15) is 24.8 Å². The maximum Gasteiger partial charge on any atom is 0.417 e. The normalized spacial score (nSPS) is 14.2. The molecule has 0 spiro atoms. The van der Waals surface area contributed by atoms with E-state index in [0.717, 1.165) is 25.3 Å². The van der Waals surface area contributed by atoms with Crippen LogP contribution in [-0.4, -0.2) is 17.1 Å². The lowest BCUT2D eigenvalue weighted by molar-refractivity contribution is -0.136. The molecule has 0 unspecified atom stereocenters. The molecule has 5 nitrogen and oxygen atoms in total. The van der Waals surface area contributed by atoms with Crippen molar-refractivity contribution in [2.45, 2.75) is 32.0 Å². The van der Waals surface area contributed by atoms with E-state index in [4.69, 9.17) is 4.74 Å². The second-order valence-corrected chi connectivity index (χ2v) is 7.83. The van der Waals surface area contributed by atoms with Crippen molar-refractivity contribution >= 4 is 22.5 Å². The first-order valence-corrected chi connectivity index (χ1v) is 10.1. The van der Waals surface area contributed by atoms with Gasteiger partial charge in [0.2, 0.25) is 0 Å². The number of rotatable bonds is 6. The van der Waals surface area contributed by atoms with E-state index in [-0.39, 0.29) is 28.3 Å². The van der Waals surface area contributed by atoms with E-state index < -0.39 is 35.6 Å². The van der Waals surface area contributed by atoms with Gasteiger partial charge in [-0.1, -0.05) is 12.5 Å². The van der Waals surface area contributed by atoms with Crippen LogP contribution in [0.3, 0.4) is 0 Å². The standard InChI is InChI=1S/C23H20F4N2O3/c24-15-5-2-6-16(9-15)28-21(30)13-32-17-7-8-18-19(23(25,26)27)11-22(31)29(20(18)10-17)12-14-3-1-4-14/h2,5-11,14H,1,3-4,12-13H2,(H,28,30). The number of halogens is 4. The average molecular weight is 448 g/mol. The van der Waals surface area contributed by atoms with Crippen molar-refractivity contribution in [3.63, 3.8) is 0 Å². The van der Waals surface area contributed by atoms with E-state index in [2.05, 4.69) is 5.32 Å². The maximum absolute atomic E-state index is 13.5. The number of benzene rings is 2. The Morgan fingerprint density at radius 1 is 1.12 bits per heavy atom. The Morgan fingerprint density at radius 2 is 1.91 bits per heavy atom. The minimum Gasteiger partial charge on any atom is -0.484 e. The van der Waals surface area contributed by atoms with Crippen molar-refractivity contribution in [3.8, 4) is 5.75 Å². The molecule has 0 radical (unpaired) electrons. The lowest BCUT2D eigenvalue weighted by Gasteiger charge is -2.27. The molecule has 1 N–H and O–H groups in total. The van der Waals surface area contributed by atoms with Crippen LogP contribution in [0.5, 0.6) is 5.75 Å². The summed E-state index contributed by atoms with van der Waals surface area (Å²) >= 11 is 0. The number of anilines is 1. The summed E-state index contributed by atoms with van der Waals surface area (Å²) in [6, 6.07) is 9.88. The topological polar surface area (TPSA) is 60.3 Å². The van der Waals surface area contributed by atoms with E-state index in [1.54, 1.807) is 0 Å². The molecule has 3 aromatic rings. The molecule has 32 heavy (non-hydrogen) atoms. The highest BCUT2D eigenvalue weighted by Gasteiger charge is 2.34. The number of alkyl halides is 3. The van der Waals surface area contributed by atoms with Crippen molar-refractivity contribution in [2.24, 2.45) is 5.92 Å². The Morgan fingerprint density at radius 3 is 2.56 bits per heavy atom. The Hall–Kier alpha value is -3.36. The molecule has 0 bridgehead atoms. The minimum atomic E-state index is -4.68. The molecular weight excluding hydrogens is 428 g/mol. The van der Waals surface area contributed by atoms with Gasteiger partial charge in [-0.05, 0) is 49.1 Å². The maximum atomic E-state index is 13.5. The summed E-state index contributed by atoms with van der Waals surface area (Å²) in [6.07, 6.45) is -1.80. The summed E-state index contributed by atoms with van der Waals surface area (Å²) in [6.45, 7) is -0.106. The Labute approximate surface area is 180 Å². The molecule has 1 heterocycles. The van der Waals surface area contributed by atoms with Gasteiger partial charge >= 0.3 is 6.18 Å². The summed E-state index contributed by atoms with van der Waals surface area (Å²) in [5.74, 6) is -0.683. The SMILES string of the molecule is O=C(COc1ccc2c(C(F)(F)F)cc(=O)n(CC3CCC3)c2c1)Nc1cccc(F)c1. The molecule has 2 aromatic carbocycles. The molecular formula is C23H20F4N2O3. The lowest BCUT2D eigenvalue weighted by atomic mass is 9.85. The molecule has 1 fully saturated rings. The largest absolute Gasteiger partial charge is 0.484 e. The smallest absolute Gasteiger partial charge is 0.417 e. The molecule has 1 aliphatic rings. The highest BCUT2D eigenvalue weighted by Crippen LogP contribution is 2.36. The van der Waals surface area contributed by atoms with E-state index in [1.807, 2.05) is 0 Å². The fourth-order valence-corrected chi connectivity index (χ4v) is 3.72. The summed E-state index contributed by atoms with van der Waals surface area (Å²) < 4.78 is 60.5. The van der Waals surface area contributed by atoms with E-state index in [1.165, 1.54) is 41.0 Å². The number of nitrogens with zero attached hydrogens (tertiary/aromatic N) is 1. The van der Waals surface area contributed by atoms with Crippen LogP contribution < -0.4 is 15.6 Å². The van der Waals surface area contributed by atoms with Gasteiger partial charge in [0, 0.05) is 29.8 Å². The summed E-state index contributed by atoms with van der Waals surface area (Å²) in [5.41, 5.74) is -1.36. The van der Waals surface area contributed by atoms with Gasteiger partial charge in [-0.2, -0.15) is 13.2 Å². The molecule has 0 aliphatic heterocycles. The second kappa shape index (κ2) is 8.64. The third-order valence-electron chi connectivity index (χ3n) is 5.53. The van der Waals surface area contributed by atoms with Crippen molar-refractivity contribution in [1.29, 1.82) is 0 Å². The molecule has 0 saturated heterocycles. The highest BCUT2D eigenvalue weighted by atomic mass is 19.4. The van der Waals surface area contributed by atoms with Gasteiger partial charge in [0.15, 0.2) is 6.61 Å². The quantitative estimate of drug-likeness (QED) is 0.542. The molecule has 9 heteroatoms. The van der Waals surface area contributed by atoms with Gasteiger partial charge in [-0.15, -0.1) is 0 Å². The molecule has 1 aromatic heterocycles. The molecule has 1 amide bonds. The number of hydrogen-bond acceptors (Lipinski definition) is 3. The average Bonchev–Trinajstić information content (AvgIpc) is 2.69. The molecule has 0 atom stereocenters. The molecule has 4 rings (SSSR count). The number of ether oxygens (including phenoxy) is 1. The highest BCUT2D eigenvalue weighted by molar-refractivity contribution is 5.92. The van der Waals surface area contributed by atoms with Crippen LogP contribution in [0.25, 0.3) is 10.9 Å². The number of hydrogen-bond donors (Lipinski definition) is 1. The first-order valence-electron chi connectivity index (χ1n) is 10.1. The number of pyridine rings is 1. The summed E-state index contributed by atoms with van der Waals surface area (Å²) in [4.78, 5) is 24.6. The number of carbonyl (C=O) groups excluding carboxylic acids is 1. The third kappa shape index (κ3) is 4.76. The van der Waals surface area contributed by atoms with Crippen LogP contribution in [0, 0.1) is 11.7 Å². The minimum absolute atomic E-state index is 0.104. The van der Waals surface area contributed by atoms with E-state index >= 15 is 0 Å². The molecule has 168 valence electrons. The first kappa shape index (κ1) is 21.9. The van der Waals surface area contributed by atoms with Crippen molar-refractivity contribution in [3.05, 3.63) is 70.3 Å². The number of carbonyl (C=O) groups is 1. The Kier molecular flexibility index (Phi) is 5.90. The van der Waals surface area contributed by atoms with Gasteiger partial charge in [-0.25, -0.2) is 4.39 Å². The second-order valence-electron chi connectivity index (χ2n) is 7.83. The predicted molar refractivity (Wildman–Crippen MR) is 111 cm³/mol. The lowest BCUT2D eigenvalue weighted by Crippen LogP contribution is -2.28. The van der Waals surface area contributed by atoms with Crippen molar-refractivity contribution in [1.82, 2.24) is 4.57 Å². The number of fused-ring (bicyclic) bond motifs is 1. The van der Waals surface area contributed by atoms with E-state index in [0.29, 0.717) is 12.6 Å². The third-order valence-corrected chi connectivity index (χ3v) is 5.53. The van der Waals surface area contributed by atoms with Gasteiger partial charge in [0.25, 0.3) is 11.5 Å².